The van der Waals surface area contributed by atoms with Crippen molar-refractivity contribution >= 4 is 0 Å². The molecule has 0 saturated heterocycles. The Hall–Kier alpha value is -1.61. The maximum Gasteiger partial charge on any atom is 0.137 e. The highest BCUT2D eigenvalue weighted by Crippen LogP contribution is 2.18. The molecule has 2 rings (SSSR count). The fourth-order valence-electron chi connectivity index (χ4n) is 1.68. The Morgan fingerprint density at radius 2 is 1.88 bits per heavy atom. The second kappa shape index (κ2) is 4.49. The second-order valence-corrected chi connectivity index (χ2v) is 4.05. The molecule has 16 heavy (non-hydrogen) atoms. The van der Waals surface area contributed by atoms with E-state index in [0.29, 0.717) is 0 Å². The van der Waals surface area contributed by atoms with Crippen molar-refractivity contribution in [1.29, 1.82) is 0 Å². The van der Waals surface area contributed by atoms with Gasteiger partial charge < -0.3 is 10.3 Å². The van der Waals surface area contributed by atoms with E-state index >= 15 is 0 Å². The minimum Gasteiger partial charge on any atom is -0.342 e. The minimum absolute atomic E-state index is 0.800. The van der Waals surface area contributed by atoms with E-state index in [9.17, 15) is 0 Å². The molecule has 0 aliphatic heterocycles. The Kier molecular flexibility index (Phi) is 3.06. The summed E-state index contributed by atoms with van der Waals surface area (Å²) >= 11 is 0. The molecule has 0 bridgehead atoms. The molecule has 0 unspecified atom stereocenters. The number of H-pyrrole nitrogens is 1. The van der Waals surface area contributed by atoms with E-state index in [1.165, 1.54) is 5.56 Å². The zero-order chi connectivity index (χ0) is 11.5. The Bertz CT molecular complexity index is 468. The van der Waals surface area contributed by atoms with Gasteiger partial charge in [0.2, 0.25) is 0 Å². The normalized spacial score (nSPS) is 10.7. The van der Waals surface area contributed by atoms with Crippen molar-refractivity contribution in [2.24, 2.45) is 0 Å². The van der Waals surface area contributed by atoms with Crippen LogP contribution >= 0.6 is 0 Å². The molecule has 0 atom stereocenters. The summed E-state index contributed by atoms with van der Waals surface area (Å²) in [7, 11) is 1.93. The zero-order valence-corrected chi connectivity index (χ0v) is 9.96. The molecule has 84 valence electrons. The number of aromatic nitrogens is 2. The lowest BCUT2D eigenvalue weighted by atomic mass is 10.1. The second-order valence-electron chi connectivity index (χ2n) is 4.05. The molecule has 0 fully saturated rings. The maximum atomic E-state index is 4.58. The van der Waals surface area contributed by atoms with Crippen molar-refractivity contribution in [3.63, 3.8) is 0 Å². The highest BCUT2D eigenvalue weighted by atomic mass is 15.0. The number of nitrogens with one attached hydrogen (secondary N) is 2. The van der Waals surface area contributed by atoms with Gasteiger partial charge in [-0.3, -0.25) is 0 Å². The van der Waals surface area contributed by atoms with E-state index in [1.54, 1.807) is 0 Å². The molecule has 2 N–H and O–H groups in total. The van der Waals surface area contributed by atoms with Crippen LogP contribution in [0.1, 0.15) is 17.0 Å². The average molecular weight is 215 g/mol. The topological polar surface area (TPSA) is 40.7 Å². The summed E-state index contributed by atoms with van der Waals surface area (Å²) in [6.07, 6.45) is 0. The summed E-state index contributed by atoms with van der Waals surface area (Å²) in [6, 6.07) is 8.39. The molecule has 1 aromatic carbocycles. The highest BCUT2D eigenvalue weighted by Gasteiger charge is 2.07. The van der Waals surface area contributed by atoms with Crippen LogP contribution in [0.2, 0.25) is 0 Å². The van der Waals surface area contributed by atoms with Gasteiger partial charge in [0.1, 0.15) is 5.82 Å². The number of aryl methyl sites for hydroxylation is 2. The van der Waals surface area contributed by atoms with Crippen LogP contribution in [0.15, 0.2) is 24.3 Å². The van der Waals surface area contributed by atoms with Gasteiger partial charge in [-0.1, -0.05) is 29.8 Å². The van der Waals surface area contributed by atoms with Crippen molar-refractivity contribution in [3.05, 3.63) is 41.2 Å². The van der Waals surface area contributed by atoms with Crippen LogP contribution in [0.5, 0.6) is 0 Å². The summed E-state index contributed by atoms with van der Waals surface area (Å²) in [5, 5.41) is 3.12. The van der Waals surface area contributed by atoms with Gasteiger partial charge in [-0.25, -0.2) is 4.98 Å². The molecule has 0 saturated carbocycles. The van der Waals surface area contributed by atoms with Crippen LogP contribution in [0.4, 0.5) is 0 Å². The molecule has 0 amide bonds. The van der Waals surface area contributed by atoms with E-state index in [2.05, 4.69) is 53.4 Å². The van der Waals surface area contributed by atoms with Crippen molar-refractivity contribution in [1.82, 2.24) is 15.3 Å². The van der Waals surface area contributed by atoms with E-state index in [0.717, 1.165) is 29.3 Å². The molecular weight excluding hydrogens is 198 g/mol. The van der Waals surface area contributed by atoms with Crippen molar-refractivity contribution in [2.75, 3.05) is 7.05 Å². The third kappa shape index (κ3) is 2.14. The van der Waals surface area contributed by atoms with Gasteiger partial charge in [0.25, 0.3) is 0 Å². The van der Waals surface area contributed by atoms with Crippen LogP contribution in [0.3, 0.4) is 0 Å². The van der Waals surface area contributed by atoms with Crippen LogP contribution in [0.25, 0.3) is 11.4 Å². The van der Waals surface area contributed by atoms with Crippen molar-refractivity contribution in [2.45, 2.75) is 20.4 Å². The fourth-order valence-corrected chi connectivity index (χ4v) is 1.68. The molecule has 0 aliphatic rings. The summed E-state index contributed by atoms with van der Waals surface area (Å²) < 4.78 is 0. The molecule has 1 heterocycles. The minimum atomic E-state index is 0.800. The third-order valence-electron chi connectivity index (χ3n) is 2.65. The van der Waals surface area contributed by atoms with Gasteiger partial charge >= 0.3 is 0 Å². The van der Waals surface area contributed by atoms with Gasteiger partial charge in [0, 0.05) is 17.8 Å². The van der Waals surface area contributed by atoms with Gasteiger partial charge in [0.05, 0.1) is 5.69 Å². The number of hydrogen-bond donors (Lipinski definition) is 2. The maximum absolute atomic E-state index is 4.58. The van der Waals surface area contributed by atoms with E-state index in [4.69, 9.17) is 0 Å². The summed E-state index contributed by atoms with van der Waals surface area (Å²) in [6.45, 7) is 4.94. The zero-order valence-electron chi connectivity index (χ0n) is 9.96. The van der Waals surface area contributed by atoms with E-state index in [-0.39, 0.29) is 0 Å². The number of nitrogens with zero attached hydrogens (tertiary/aromatic N) is 1. The predicted molar refractivity (Wildman–Crippen MR) is 66.3 cm³/mol. The van der Waals surface area contributed by atoms with Gasteiger partial charge in [-0.15, -0.1) is 0 Å². The summed E-state index contributed by atoms with van der Waals surface area (Å²) in [4.78, 5) is 7.90. The average Bonchev–Trinajstić information content (AvgIpc) is 2.62. The Balaban J connectivity index is 2.33. The third-order valence-corrected chi connectivity index (χ3v) is 2.65. The Labute approximate surface area is 95.9 Å². The molecule has 0 spiro atoms. The summed E-state index contributed by atoms with van der Waals surface area (Å²) in [5.74, 6) is 0.947. The highest BCUT2D eigenvalue weighted by molar-refractivity contribution is 5.56. The molecular formula is C13H17N3. The summed E-state index contributed by atoms with van der Waals surface area (Å²) in [5.41, 5.74) is 4.61. The van der Waals surface area contributed by atoms with Crippen LogP contribution < -0.4 is 5.32 Å². The SMILES string of the molecule is CNCc1nc(-c2ccc(C)cc2)[nH]c1C. The largest absolute Gasteiger partial charge is 0.342 e. The Morgan fingerprint density at radius 3 is 2.50 bits per heavy atom. The van der Waals surface area contributed by atoms with Gasteiger partial charge in [-0.05, 0) is 20.9 Å². The molecule has 0 aliphatic carbocycles. The first kappa shape index (κ1) is 10.9. The van der Waals surface area contributed by atoms with E-state index in [1.807, 2.05) is 7.05 Å². The number of rotatable bonds is 3. The lowest BCUT2D eigenvalue weighted by Gasteiger charge is -1.97. The number of aromatic amines is 1. The van der Waals surface area contributed by atoms with Gasteiger partial charge in [0.15, 0.2) is 0 Å². The first-order valence-electron chi connectivity index (χ1n) is 5.48. The quantitative estimate of drug-likeness (QED) is 0.825. The van der Waals surface area contributed by atoms with Crippen LogP contribution in [-0.4, -0.2) is 17.0 Å². The predicted octanol–water partition coefficient (Wildman–Crippen LogP) is 2.41. The number of benzene rings is 1. The molecule has 3 heteroatoms. The molecule has 2 aromatic rings. The first-order valence-corrected chi connectivity index (χ1v) is 5.48. The van der Waals surface area contributed by atoms with Gasteiger partial charge in [-0.2, -0.15) is 0 Å². The Morgan fingerprint density at radius 1 is 1.19 bits per heavy atom. The smallest absolute Gasteiger partial charge is 0.137 e. The number of imidazole rings is 1. The standard InChI is InChI=1S/C13H17N3/c1-9-4-6-11(7-5-9)13-15-10(2)12(16-13)8-14-3/h4-7,14H,8H2,1-3H3,(H,15,16). The van der Waals surface area contributed by atoms with Crippen molar-refractivity contribution < 1.29 is 0 Å². The molecule has 3 nitrogen and oxygen atoms in total. The fraction of sp³-hybridized carbons (Fsp3) is 0.308. The van der Waals surface area contributed by atoms with Crippen LogP contribution in [-0.2, 0) is 6.54 Å². The molecule has 0 radical (unpaired) electrons. The van der Waals surface area contributed by atoms with Crippen molar-refractivity contribution in [3.8, 4) is 11.4 Å². The monoisotopic (exact) mass is 215 g/mol. The first-order chi connectivity index (χ1) is 7.70. The van der Waals surface area contributed by atoms with Crippen LogP contribution in [0, 0.1) is 13.8 Å². The lowest BCUT2D eigenvalue weighted by molar-refractivity contribution is 0.791. The lowest BCUT2D eigenvalue weighted by Crippen LogP contribution is -2.06. The van der Waals surface area contributed by atoms with E-state index < -0.39 is 0 Å². The number of hydrogen-bond acceptors (Lipinski definition) is 2. The molecule has 1 aromatic heterocycles.